The van der Waals surface area contributed by atoms with Crippen molar-refractivity contribution in [3.63, 3.8) is 0 Å². The molecule has 0 bridgehead atoms. The maximum Gasteiger partial charge on any atom is 0.245 e. The van der Waals surface area contributed by atoms with Crippen LogP contribution in [0.15, 0.2) is 41.1 Å². The van der Waals surface area contributed by atoms with Gasteiger partial charge in [-0.3, -0.25) is 19.5 Å². The normalized spacial score (nSPS) is 23.4. The number of aromatic nitrogens is 3. The number of rotatable bonds is 11. The molecule has 3 heterocycles. The first-order chi connectivity index (χ1) is 21.9. The number of hydrogen-bond donors (Lipinski definition) is 2. The van der Waals surface area contributed by atoms with E-state index in [1.165, 1.54) is 0 Å². The predicted molar refractivity (Wildman–Crippen MR) is 170 cm³/mol. The summed E-state index contributed by atoms with van der Waals surface area (Å²) < 4.78 is 11.2. The summed E-state index contributed by atoms with van der Waals surface area (Å²) >= 11 is 0. The summed E-state index contributed by atoms with van der Waals surface area (Å²) in [7, 11) is 1.67. The van der Waals surface area contributed by atoms with Crippen molar-refractivity contribution in [1.29, 1.82) is 0 Å². The highest BCUT2D eigenvalue weighted by atomic mass is 16.5. The Labute approximate surface area is 265 Å². The van der Waals surface area contributed by atoms with Crippen molar-refractivity contribution in [3.05, 3.63) is 54.0 Å². The van der Waals surface area contributed by atoms with Crippen LogP contribution >= 0.6 is 0 Å². The third-order valence-electron chi connectivity index (χ3n) is 9.94. The molecular weight excluding hydrogens is 570 g/mol. The highest BCUT2D eigenvalue weighted by molar-refractivity contribution is 5.94. The van der Waals surface area contributed by atoms with Crippen LogP contribution in [-0.4, -0.2) is 58.7 Å². The molecule has 3 saturated carbocycles. The number of carbonyl (C=O) groups is 2. The molecule has 3 fully saturated rings. The fraction of sp³-hybridized carbons (Fsp3) is 0.571. The van der Waals surface area contributed by atoms with E-state index in [0.717, 1.165) is 98.5 Å². The van der Waals surface area contributed by atoms with Crippen LogP contribution in [0.2, 0.25) is 0 Å². The number of pyridine rings is 2. The number of carbonyl (C=O) groups excluding carboxylic acids is 2. The summed E-state index contributed by atoms with van der Waals surface area (Å²) in [6.07, 6.45) is 13.1. The first kappa shape index (κ1) is 31.2. The monoisotopic (exact) mass is 615 g/mol. The van der Waals surface area contributed by atoms with Gasteiger partial charge in [0, 0.05) is 48.3 Å². The number of hydrogen-bond acceptors (Lipinski definition) is 8. The number of methoxy groups -OCH3 is 1. The van der Waals surface area contributed by atoms with E-state index in [9.17, 15) is 9.59 Å². The molecule has 45 heavy (non-hydrogen) atoms. The van der Waals surface area contributed by atoms with E-state index in [4.69, 9.17) is 29.2 Å². The third-order valence-corrected chi connectivity index (χ3v) is 9.94. The predicted octanol–water partition coefficient (Wildman–Crippen LogP) is 5.55. The second kappa shape index (κ2) is 14.1. The summed E-state index contributed by atoms with van der Waals surface area (Å²) in [4.78, 5) is 42.0. The second-order valence-electron chi connectivity index (χ2n) is 13.1. The van der Waals surface area contributed by atoms with E-state index < -0.39 is 6.61 Å². The van der Waals surface area contributed by atoms with Gasteiger partial charge in [-0.05, 0) is 107 Å². The summed E-state index contributed by atoms with van der Waals surface area (Å²) in [5, 5.41) is 11.8. The number of aliphatic hydroxyl groups excluding tert-OH is 1. The van der Waals surface area contributed by atoms with Gasteiger partial charge in [-0.2, -0.15) is 0 Å². The minimum atomic E-state index is -0.497. The number of aliphatic hydroxyl groups is 1. The molecule has 0 aromatic carbocycles. The molecule has 3 aliphatic carbocycles. The van der Waals surface area contributed by atoms with Crippen LogP contribution < -0.4 is 15.0 Å². The maximum absolute atomic E-state index is 14.3. The quantitative estimate of drug-likeness (QED) is 0.287. The molecule has 3 aromatic heterocycles. The van der Waals surface area contributed by atoms with E-state index in [0.29, 0.717) is 42.6 Å². The SMILES string of the molecule is COc1ccc([C@H]2CC[C@H](CN(c3cc(-c4coc(C5CC5)n4)ccn3)C(=O)[C@H]3CC[C@H](CNC(=O)CO)CC3)CC2)nc1C. The van der Waals surface area contributed by atoms with E-state index in [1.807, 2.05) is 30.0 Å². The van der Waals surface area contributed by atoms with Crippen molar-refractivity contribution >= 4 is 17.6 Å². The summed E-state index contributed by atoms with van der Waals surface area (Å²) in [5.74, 6) is 3.49. The van der Waals surface area contributed by atoms with Crippen molar-refractivity contribution in [2.45, 2.75) is 83.0 Å². The van der Waals surface area contributed by atoms with Gasteiger partial charge in [-0.1, -0.05) is 0 Å². The van der Waals surface area contributed by atoms with Gasteiger partial charge in [0.25, 0.3) is 0 Å². The zero-order chi connectivity index (χ0) is 31.3. The maximum atomic E-state index is 14.3. The van der Waals surface area contributed by atoms with Gasteiger partial charge < -0.3 is 19.6 Å². The van der Waals surface area contributed by atoms with Gasteiger partial charge in [-0.15, -0.1) is 0 Å². The van der Waals surface area contributed by atoms with Crippen LogP contribution in [0.25, 0.3) is 11.3 Å². The lowest BCUT2D eigenvalue weighted by Gasteiger charge is -2.35. The molecule has 10 heteroatoms. The highest BCUT2D eigenvalue weighted by Gasteiger charge is 2.34. The van der Waals surface area contributed by atoms with Crippen LogP contribution in [0, 0.1) is 24.7 Å². The summed E-state index contributed by atoms with van der Waals surface area (Å²) in [5.41, 5.74) is 3.73. The first-order valence-electron chi connectivity index (χ1n) is 16.5. The Morgan fingerprint density at radius 3 is 2.40 bits per heavy atom. The summed E-state index contributed by atoms with van der Waals surface area (Å²) in [6, 6.07) is 8.02. The molecule has 0 spiro atoms. The van der Waals surface area contributed by atoms with Gasteiger partial charge in [0.15, 0.2) is 5.89 Å². The molecule has 0 radical (unpaired) electrons. The molecular formula is C35H45N5O5. The lowest BCUT2D eigenvalue weighted by atomic mass is 9.79. The fourth-order valence-electron chi connectivity index (χ4n) is 7.02. The molecule has 240 valence electrons. The fourth-order valence-corrected chi connectivity index (χ4v) is 7.02. The zero-order valence-electron chi connectivity index (χ0n) is 26.4. The minimum absolute atomic E-state index is 0.0865. The van der Waals surface area contributed by atoms with Crippen LogP contribution in [0.5, 0.6) is 5.75 Å². The number of nitrogens with zero attached hydrogens (tertiary/aromatic N) is 4. The third kappa shape index (κ3) is 7.54. The molecule has 2 amide bonds. The van der Waals surface area contributed by atoms with Gasteiger partial charge in [0.2, 0.25) is 11.8 Å². The number of nitrogens with one attached hydrogen (secondary N) is 1. The number of oxazole rings is 1. The van der Waals surface area contributed by atoms with E-state index in [2.05, 4.69) is 11.4 Å². The van der Waals surface area contributed by atoms with Crippen molar-refractivity contribution in [2.24, 2.45) is 17.8 Å². The van der Waals surface area contributed by atoms with Gasteiger partial charge >= 0.3 is 0 Å². The Bertz CT molecular complexity index is 1470. The molecule has 0 atom stereocenters. The first-order valence-corrected chi connectivity index (χ1v) is 16.5. The van der Waals surface area contributed by atoms with Crippen molar-refractivity contribution in [1.82, 2.24) is 20.3 Å². The molecule has 3 aliphatic rings. The molecule has 0 unspecified atom stereocenters. The van der Waals surface area contributed by atoms with E-state index >= 15 is 0 Å². The molecule has 6 rings (SSSR count). The minimum Gasteiger partial charge on any atom is -0.495 e. The van der Waals surface area contributed by atoms with E-state index in [1.54, 1.807) is 19.6 Å². The van der Waals surface area contributed by atoms with Gasteiger partial charge in [0.1, 0.15) is 30.1 Å². The molecule has 10 nitrogen and oxygen atoms in total. The number of amides is 2. The molecule has 0 aliphatic heterocycles. The number of anilines is 1. The average molecular weight is 616 g/mol. The Kier molecular flexibility index (Phi) is 9.78. The van der Waals surface area contributed by atoms with Crippen LogP contribution in [0.1, 0.15) is 93.3 Å². The van der Waals surface area contributed by atoms with Gasteiger partial charge in [-0.25, -0.2) is 9.97 Å². The Hall–Kier alpha value is -3.79. The molecule has 3 aromatic rings. The lowest BCUT2D eigenvalue weighted by Crippen LogP contribution is -2.42. The van der Waals surface area contributed by atoms with Crippen LogP contribution in [0.3, 0.4) is 0 Å². The standard InChI is InChI=1S/C35H45N5O5/c1-22-31(44-2)14-13-29(38-22)25-7-5-24(6-8-25)19-40(35(43)27-9-3-23(4-10-27)18-37-33(42)20-41)32-17-28(15-16-36-32)30-21-45-34(39-30)26-11-12-26/h13-17,21,23-27,41H,3-12,18-20H2,1-2H3,(H,37,42)/t23-,24-,25-,27-. The van der Waals surface area contributed by atoms with Crippen molar-refractivity contribution < 1.29 is 23.8 Å². The average Bonchev–Trinajstić information content (AvgIpc) is 3.82. The van der Waals surface area contributed by atoms with Crippen LogP contribution in [-0.2, 0) is 9.59 Å². The smallest absolute Gasteiger partial charge is 0.245 e. The van der Waals surface area contributed by atoms with Crippen molar-refractivity contribution in [2.75, 3.05) is 31.7 Å². The Balaban J connectivity index is 1.16. The zero-order valence-corrected chi connectivity index (χ0v) is 26.4. The largest absolute Gasteiger partial charge is 0.495 e. The number of aryl methyl sites for hydroxylation is 1. The Morgan fingerprint density at radius 1 is 0.978 bits per heavy atom. The molecule has 0 saturated heterocycles. The highest BCUT2D eigenvalue weighted by Crippen LogP contribution is 2.41. The van der Waals surface area contributed by atoms with Crippen molar-refractivity contribution in [3.8, 4) is 17.0 Å². The topological polar surface area (TPSA) is 131 Å². The second-order valence-corrected chi connectivity index (χ2v) is 13.1. The Morgan fingerprint density at radius 2 is 1.71 bits per heavy atom. The molecule has 2 N–H and O–H groups in total. The number of ether oxygens (including phenoxy) is 1. The van der Waals surface area contributed by atoms with Crippen LogP contribution in [0.4, 0.5) is 5.82 Å². The lowest BCUT2D eigenvalue weighted by molar-refractivity contribution is -0.125. The van der Waals surface area contributed by atoms with Gasteiger partial charge in [0.05, 0.1) is 12.8 Å². The van der Waals surface area contributed by atoms with E-state index in [-0.39, 0.29) is 17.7 Å². The summed E-state index contributed by atoms with van der Waals surface area (Å²) in [6.45, 7) is 2.67.